The number of nitrogens with two attached hydrogens (primary N) is 1. The normalized spacial score (nSPS) is 12.7. The Labute approximate surface area is 153 Å². The van der Waals surface area contributed by atoms with Gasteiger partial charge in [0.05, 0.1) is 23.7 Å². The van der Waals surface area contributed by atoms with Crippen LogP contribution in [0.2, 0.25) is 0 Å². The van der Waals surface area contributed by atoms with Crippen molar-refractivity contribution >= 4 is 23.1 Å². The van der Waals surface area contributed by atoms with Crippen molar-refractivity contribution in [2.24, 2.45) is 0 Å². The molecule has 0 amide bonds. The molecule has 0 bridgehead atoms. The largest absolute Gasteiger partial charge is 0.490 e. The average Bonchev–Trinajstić information content (AvgIpc) is 2.90. The van der Waals surface area contributed by atoms with Crippen molar-refractivity contribution in [1.82, 2.24) is 0 Å². The van der Waals surface area contributed by atoms with Crippen LogP contribution >= 0.6 is 0 Å². The van der Waals surface area contributed by atoms with Crippen molar-refractivity contribution in [2.45, 2.75) is 6.42 Å². The number of hydrogen-bond donors (Lipinski definition) is 1. The molecule has 0 saturated carbocycles. The molecule has 0 aromatic heterocycles. The Kier molecular flexibility index (Phi) is 5.20. The summed E-state index contributed by atoms with van der Waals surface area (Å²) in [5.41, 5.74) is 5.50. The zero-order valence-electron chi connectivity index (χ0n) is 14.2. The van der Waals surface area contributed by atoms with E-state index in [1.807, 2.05) is 0 Å². The number of nitro groups is 1. The maximum atomic E-state index is 12.3. The molecule has 9 heteroatoms. The van der Waals surface area contributed by atoms with E-state index < -0.39 is 23.3 Å². The number of carbonyl (C=O) groups is 2. The summed E-state index contributed by atoms with van der Waals surface area (Å²) in [4.78, 5) is 34.6. The average molecular weight is 372 g/mol. The number of carbonyl (C=O) groups excluding carboxylic acids is 2. The second-order valence-electron chi connectivity index (χ2n) is 5.74. The fraction of sp³-hybridized carbons (Fsp3) is 0.222. The van der Waals surface area contributed by atoms with Crippen LogP contribution < -0.4 is 15.2 Å². The van der Waals surface area contributed by atoms with E-state index in [0.29, 0.717) is 30.3 Å². The number of non-ortho nitro benzene ring substituents is 1. The summed E-state index contributed by atoms with van der Waals surface area (Å²) in [6.45, 7) is 0.467. The zero-order chi connectivity index (χ0) is 19.4. The van der Waals surface area contributed by atoms with Crippen LogP contribution in [0, 0.1) is 10.1 Å². The molecule has 0 fully saturated rings. The summed E-state index contributed by atoms with van der Waals surface area (Å²) in [6.07, 6.45) is 0.736. The number of rotatable bonds is 5. The number of ketones is 1. The number of anilines is 1. The lowest BCUT2D eigenvalue weighted by Gasteiger charge is -2.09. The van der Waals surface area contributed by atoms with Gasteiger partial charge in [0.1, 0.15) is 0 Å². The summed E-state index contributed by atoms with van der Waals surface area (Å²) in [5, 5.41) is 10.8. The van der Waals surface area contributed by atoms with Crippen molar-refractivity contribution in [1.29, 1.82) is 0 Å². The van der Waals surface area contributed by atoms with Gasteiger partial charge in [0.2, 0.25) is 0 Å². The van der Waals surface area contributed by atoms with Gasteiger partial charge in [-0.2, -0.15) is 0 Å². The molecular formula is C18H16N2O7. The number of fused-ring (bicyclic) bond motifs is 1. The van der Waals surface area contributed by atoms with E-state index in [2.05, 4.69) is 0 Å². The first-order valence-electron chi connectivity index (χ1n) is 8.09. The first-order chi connectivity index (χ1) is 13.0. The van der Waals surface area contributed by atoms with Crippen molar-refractivity contribution in [3.63, 3.8) is 0 Å². The maximum Gasteiger partial charge on any atom is 0.340 e. The molecule has 140 valence electrons. The fourth-order valence-electron chi connectivity index (χ4n) is 2.46. The molecule has 2 aromatic carbocycles. The van der Waals surface area contributed by atoms with E-state index in [4.69, 9.17) is 19.9 Å². The Hall–Kier alpha value is -3.62. The molecule has 1 aliphatic rings. The number of Topliss-reactive ketones (excluding diaryl/α,β-unsaturated/α-hetero) is 1. The zero-order valence-corrected chi connectivity index (χ0v) is 14.2. The van der Waals surface area contributed by atoms with Crippen molar-refractivity contribution in [2.75, 3.05) is 25.6 Å². The Balaban J connectivity index is 1.69. The lowest BCUT2D eigenvalue weighted by molar-refractivity contribution is -0.384. The van der Waals surface area contributed by atoms with Crippen molar-refractivity contribution in [3.05, 3.63) is 57.6 Å². The standard InChI is InChI=1S/C18H16N2O7/c19-14-4-3-12(20(23)24)9-13(14)18(22)27-10-15(21)11-2-5-16-17(8-11)26-7-1-6-25-16/h2-5,8-9H,1,6-7,10,19H2. The summed E-state index contributed by atoms with van der Waals surface area (Å²) < 4.78 is 16.0. The third-order valence-corrected chi connectivity index (χ3v) is 3.87. The Morgan fingerprint density at radius 3 is 2.59 bits per heavy atom. The van der Waals surface area contributed by atoms with Gasteiger partial charge in [-0.3, -0.25) is 14.9 Å². The molecule has 0 atom stereocenters. The highest BCUT2D eigenvalue weighted by molar-refractivity contribution is 6.01. The Morgan fingerprint density at radius 1 is 1.11 bits per heavy atom. The summed E-state index contributed by atoms with van der Waals surface area (Å²) in [5.74, 6) is -0.375. The molecule has 0 radical (unpaired) electrons. The number of nitro benzene ring substituents is 1. The molecule has 0 unspecified atom stereocenters. The first-order valence-corrected chi connectivity index (χ1v) is 8.09. The molecule has 2 aromatic rings. The minimum atomic E-state index is -0.918. The van der Waals surface area contributed by atoms with Crippen LogP contribution in [0.4, 0.5) is 11.4 Å². The van der Waals surface area contributed by atoms with Gasteiger partial charge >= 0.3 is 5.97 Å². The number of ether oxygens (including phenoxy) is 3. The van der Waals surface area contributed by atoms with Crippen LogP contribution in [0.15, 0.2) is 36.4 Å². The maximum absolute atomic E-state index is 12.3. The molecule has 2 N–H and O–H groups in total. The number of benzene rings is 2. The van der Waals surface area contributed by atoms with Gasteiger partial charge < -0.3 is 19.9 Å². The minimum absolute atomic E-state index is 0.0219. The number of nitrogen functional groups attached to an aromatic ring is 1. The summed E-state index contributed by atoms with van der Waals surface area (Å²) >= 11 is 0. The highest BCUT2D eigenvalue weighted by atomic mass is 16.6. The van der Waals surface area contributed by atoms with Crippen molar-refractivity contribution < 1.29 is 28.7 Å². The Bertz CT molecular complexity index is 911. The molecule has 0 spiro atoms. The monoisotopic (exact) mass is 372 g/mol. The van der Waals surface area contributed by atoms with E-state index in [1.165, 1.54) is 18.2 Å². The van der Waals surface area contributed by atoms with Gasteiger partial charge in [0.15, 0.2) is 23.9 Å². The van der Waals surface area contributed by atoms with E-state index >= 15 is 0 Å². The summed E-state index contributed by atoms with van der Waals surface area (Å²) in [7, 11) is 0. The highest BCUT2D eigenvalue weighted by Crippen LogP contribution is 2.30. The van der Waals surface area contributed by atoms with Gasteiger partial charge in [-0.05, 0) is 24.3 Å². The topological polar surface area (TPSA) is 131 Å². The summed E-state index contributed by atoms with van der Waals surface area (Å²) in [6, 6.07) is 8.11. The molecule has 1 heterocycles. The quantitative estimate of drug-likeness (QED) is 0.278. The lowest BCUT2D eigenvalue weighted by atomic mass is 10.1. The van der Waals surface area contributed by atoms with E-state index in [9.17, 15) is 19.7 Å². The van der Waals surface area contributed by atoms with Gasteiger partial charge in [0, 0.05) is 29.8 Å². The predicted molar refractivity (Wildman–Crippen MR) is 94.2 cm³/mol. The van der Waals surface area contributed by atoms with Crippen LogP contribution in [0.5, 0.6) is 11.5 Å². The van der Waals surface area contributed by atoms with E-state index in [0.717, 1.165) is 12.5 Å². The highest BCUT2D eigenvalue weighted by Gasteiger charge is 2.19. The molecule has 3 rings (SSSR count). The fourth-order valence-corrected chi connectivity index (χ4v) is 2.46. The molecular weight excluding hydrogens is 356 g/mol. The second kappa shape index (κ2) is 7.73. The molecule has 27 heavy (non-hydrogen) atoms. The smallest absolute Gasteiger partial charge is 0.340 e. The van der Waals surface area contributed by atoms with Gasteiger partial charge in [-0.15, -0.1) is 0 Å². The minimum Gasteiger partial charge on any atom is -0.490 e. The van der Waals surface area contributed by atoms with Gasteiger partial charge in [0.25, 0.3) is 5.69 Å². The van der Waals surface area contributed by atoms with E-state index in [-0.39, 0.29) is 16.9 Å². The molecule has 0 saturated heterocycles. The number of hydrogen-bond acceptors (Lipinski definition) is 8. The van der Waals surface area contributed by atoms with Crippen LogP contribution in [0.3, 0.4) is 0 Å². The van der Waals surface area contributed by atoms with Crippen LogP contribution in [0.25, 0.3) is 0 Å². The van der Waals surface area contributed by atoms with E-state index in [1.54, 1.807) is 12.1 Å². The van der Waals surface area contributed by atoms with Gasteiger partial charge in [-0.25, -0.2) is 4.79 Å². The SMILES string of the molecule is Nc1ccc([N+](=O)[O-])cc1C(=O)OCC(=O)c1ccc2c(c1)OCCCO2. The first kappa shape index (κ1) is 18.2. The third-order valence-electron chi connectivity index (χ3n) is 3.87. The third kappa shape index (κ3) is 4.14. The number of nitrogens with zero attached hydrogens (tertiary/aromatic N) is 1. The number of esters is 1. The van der Waals surface area contributed by atoms with Gasteiger partial charge in [-0.1, -0.05) is 0 Å². The van der Waals surface area contributed by atoms with Crippen LogP contribution in [0.1, 0.15) is 27.1 Å². The van der Waals surface area contributed by atoms with Crippen molar-refractivity contribution in [3.8, 4) is 11.5 Å². The second-order valence-corrected chi connectivity index (χ2v) is 5.74. The predicted octanol–water partition coefficient (Wildman–Crippen LogP) is 2.38. The Morgan fingerprint density at radius 2 is 1.85 bits per heavy atom. The van der Waals surface area contributed by atoms with Crippen LogP contribution in [-0.2, 0) is 4.74 Å². The molecule has 1 aliphatic heterocycles. The molecule has 9 nitrogen and oxygen atoms in total. The lowest BCUT2D eigenvalue weighted by Crippen LogP contribution is -2.15. The molecule has 0 aliphatic carbocycles. The van der Waals surface area contributed by atoms with Crippen LogP contribution in [-0.4, -0.2) is 36.5 Å².